The molecule has 0 aliphatic carbocycles. The minimum atomic E-state index is -0.347. The zero-order valence-electron chi connectivity index (χ0n) is 40.9. The Morgan fingerprint density at radius 3 is 0.833 bits per heavy atom. The van der Waals surface area contributed by atoms with Gasteiger partial charge in [0.05, 0.1) is 0 Å². The van der Waals surface area contributed by atoms with Crippen LogP contribution in [-0.2, 0) is 0 Å². The van der Waals surface area contributed by atoms with Gasteiger partial charge in [-0.15, -0.1) is 54.6 Å². The predicted molar refractivity (Wildman–Crippen MR) is 354 cm³/mol. The van der Waals surface area contributed by atoms with Crippen molar-refractivity contribution in [3.63, 3.8) is 0 Å². The third-order valence-corrected chi connectivity index (χ3v) is 14.4. The number of benzene rings is 7. The molecule has 0 amide bonds. The van der Waals surface area contributed by atoms with Gasteiger partial charge in [0.1, 0.15) is 231 Å². The Kier molecular flexibility index (Phi) is 13.9. The summed E-state index contributed by atoms with van der Waals surface area (Å²) in [5.74, 6) is -1.01. The van der Waals surface area contributed by atoms with Crippen LogP contribution in [0.1, 0.15) is 0 Å². The van der Waals surface area contributed by atoms with Gasteiger partial charge in [-0.2, -0.15) is 0 Å². The van der Waals surface area contributed by atoms with E-state index in [1.807, 2.05) is 0 Å². The molecule has 0 atom stereocenters. The molecule has 78 heavy (non-hydrogen) atoms. The van der Waals surface area contributed by atoms with Gasteiger partial charge in [0.25, 0.3) is 0 Å². The normalized spacial score (nSPS) is 11.7. The van der Waals surface area contributed by atoms with Crippen molar-refractivity contribution in [1.82, 2.24) is 19.5 Å². The first kappa shape index (κ1) is 56.3. The molecule has 0 N–H and O–H groups in total. The monoisotopic (exact) mass is 920 g/mol. The standard InChI is InChI=1S/C45B28N4O/c46-10-1(2-12(48)24(60)30(66)25(61)13(2)49)11(47)18(54)7(17(10)53)43-74-44(8-20(56)28(64)31(67)29(65)21(8)57)76-45(75-43)9-19(55)16(52)5-6-22(58)40(36(72)37(73)42(6)78-41(5)23(9)59)77-38-3(14(50)26(62)32(68)34(38)70)4-15(51)27(63)33(69)35(71)39(4)77. The number of hydrogen-bond donors (Lipinski definition) is 0. The highest BCUT2D eigenvalue weighted by Crippen LogP contribution is 2.31. The van der Waals surface area contributed by atoms with Crippen LogP contribution in [0.2, 0.25) is 0 Å². The van der Waals surface area contributed by atoms with Crippen LogP contribution in [0.3, 0.4) is 0 Å². The third-order valence-electron chi connectivity index (χ3n) is 14.4. The van der Waals surface area contributed by atoms with Crippen molar-refractivity contribution < 1.29 is 4.42 Å². The van der Waals surface area contributed by atoms with Gasteiger partial charge in [0, 0.05) is 44.2 Å². The Morgan fingerprint density at radius 1 is 0.205 bits per heavy atom. The number of hydrogen-bond acceptors (Lipinski definition) is 4. The Hall–Kier alpha value is -5.03. The van der Waals surface area contributed by atoms with Gasteiger partial charge in [-0.3, -0.25) is 0 Å². The fourth-order valence-electron chi connectivity index (χ4n) is 10.0. The maximum absolute atomic E-state index is 7.20. The molecular formula is C45B28N4O. The first-order valence-electron chi connectivity index (χ1n) is 22.5. The molecule has 3 aromatic heterocycles. The van der Waals surface area contributed by atoms with Crippen LogP contribution in [-0.4, -0.2) is 239 Å². The van der Waals surface area contributed by atoms with Crippen molar-refractivity contribution in [3.8, 4) is 51.0 Å². The average Bonchev–Trinajstić information content (AvgIpc) is 3.88. The maximum atomic E-state index is 7.20. The van der Waals surface area contributed by atoms with Crippen LogP contribution in [0.4, 0.5) is 0 Å². The topological polar surface area (TPSA) is 56.7 Å². The van der Waals surface area contributed by atoms with Crippen molar-refractivity contribution in [2.75, 3.05) is 0 Å². The maximum Gasteiger partial charge on any atom is 0.163 e. The van der Waals surface area contributed by atoms with Gasteiger partial charge in [-0.25, -0.2) is 15.0 Å². The lowest BCUT2D eigenvalue weighted by molar-refractivity contribution is 0.674. The van der Waals surface area contributed by atoms with E-state index in [1.165, 1.54) is 4.57 Å². The summed E-state index contributed by atoms with van der Waals surface area (Å²) in [6.45, 7) is 0. The van der Waals surface area contributed by atoms with Crippen LogP contribution in [0.15, 0.2) is 4.42 Å². The van der Waals surface area contributed by atoms with E-state index in [9.17, 15) is 0 Å². The minimum Gasteiger partial charge on any atom is -0.457 e. The SMILES string of the molecule is [B]c1c([B])c([B])c(-c2nc(-c3c([B])c([B])c(-c4c([B])c([B])c([B])c([B])c4[B])c([B])c3[B])nc(-c3c([B])c([B])c4c(oc5c([B])c([B])c(-n6c7c([B])c([B])c([B])c([B])c7c7c([B])c([B])c([B])c([B])c76)c([B])c54)c3[B])n2)c([B])c1[B]. The van der Waals surface area contributed by atoms with Crippen molar-refractivity contribution in [2.45, 2.75) is 0 Å². The molecule has 7 aromatic carbocycles. The second-order valence-electron chi connectivity index (χ2n) is 18.4. The van der Waals surface area contributed by atoms with E-state index in [1.54, 1.807) is 0 Å². The van der Waals surface area contributed by atoms with E-state index in [4.69, 9.17) is 234 Å². The number of rotatable bonds is 5. The summed E-state index contributed by atoms with van der Waals surface area (Å²) >= 11 is 0. The molecule has 33 heteroatoms. The smallest absolute Gasteiger partial charge is 0.163 e. The van der Waals surface area contributed by atoms with Gasteiger partial charge in [0.15, 0.2) is 17.5 Å². The van der Waals surface area contributed by atoms with Crippen molar-refractivity contribution in [2.24, 2.45) is 0 Å². The molecule has 0 saturated carbocycles. The first-order valence-corrected chi connectivity index (χ1v) is 22.5. The molecule has 0 spiro atoms. The lowest BCUT2D eigenvalue weighted by atomic mass is 9.56. The van der Waals surface area contributed by atoms with Gasteiger partial charge in [0.2, 0.25) is 0 Å². The summed E-state index contributed by atoms with van der Waals surface area (Å²) in [6, 6.07) is 0. The summed E-state index contributed by atoms with van der Waals surface area (Å²) in [7, 11) is 185. The number of fused-ring (bicyclic) bond motifs is 6. The lowest BCUT2D eigenvalue weighted by Crippen LogP contribution is -2.57. The highest BCUT2D eigenvalue weighted by molar-refractivity contribution is 6.75. The summed E-state index contributed by atoms with van der Waals surface area (Å²) in [5.41, 5.74) is -5.03. The van der Waals surface area contributed by atoms with Crippen LogP contribution in [0, 0.1) is 0 Å². The van der Waals surface area contributed by atoms with Crippen molar-refractivity contribution in [3.05, 3.63) is 0 Å². The highest BCUT2D eigenvalue weighted by atomic mass is 16.3. The highest BCUT2D eigenvalue weighted by Gasteiger charge is 2.30. The molecule has 0 aliphatic heterocycles. The first-order chi connectivity index (χ1) is 36.4. The van der Waals surface area contributed by atoms with Gasteiger partial charge in [-0.1, -0.05) is 92.9 Å². The predicted octanol–water partition coefficient (Wildman–Crippen LogP) is -22.2. The van der Waals surface area contributed by atoms with Crippen LogP contribution >= 0.6 is 0 Å². The molecule has 10 aromatic rings. The second-order valence-corrected chi connectivity index (χ2v) is 18.4. The molecule has 56 radical (unpaired) electrons. The number of furan rings is 1. The number of aromatic nitrogens is 4. The van der Waals surface area contributed by atoms with Crippen molar-refractivity contribution in [1.29, 1.82) is 0 Å². The van der Waals surface area contributed by atoms with Crippen LogP contribution in [0.25, 0.3) is 94.7 Å². The summed E-state index contributed by atoms with van der Waals surface area (Å²) in [5, 5.41) is 0.420. The van der Waals surface area contributed by atoms with E-state index in [0.717, 1.165) is 0 Å². The Morgan fingerprint density at radius 2 is 0.449 bits per heavy atom. The molecule has 290 valence electrons. The molecule has 3 heterocycles. The quantitative estimate of drug-likeness (QED) is 0.161. The fourth-order valence-corrected chi connectivity index (χ4v) is 10.0. The summed E-state index contributed by atoms with van der Waals surface area (Å²) in [4.78, 5) is 14.2. The van der Waals surface area contributed by atoms with Gasteiger partial charge in [-0.05, 0) is 27.4 Å². The molecule has 0 aliphatic rings. The van der Waals surface area contributed by atoms with E-state index in [-0.39, 0.29) is 248 Å². The van der Waals surface area contributed by atoms with E-state index in [2.05, 4.69) is 4.98 Å². The number of nitrogens with zero attached hydrogens (tertiary/aromatic N) is 4. The molecule has 0 unspecified atom stereocenters. The molecule has 0 saturated heterocycles. The molecule has 10 rings (SSSR count). The van der Waals surface area contributed by atoms with E-state index >= 15 is 0 Å². The Bertz CT molecular complexity index is 4330. The molecule has 0 bridgehead atoms. The van der Waals surface area contributed by atoms with Gasteiger partial charge < -0.3 is 8.98 Å². The molecule has 5 nitrogen and oxygen atoms in total. The third kappa shape index (κ3) is 7.52. The van der Waals surface area contributed by atoms with Gasteiger partial charge >= 0.3 is 0 Å². The Balaban J connectivity index is 1.31. The fraction of sp³-hybridized carbons (Fsp3) is 0. The largest absolute Gasteiger partial charge is 0.457 e. The second kappa shape index (κ2) is 19.3. The zero-order valence-corrected chi connectivity index (χ0v) is 40.9. The van der Waals surface area contributed by atoms with Crippen LogP contribution in [0.5, 0.6) is 0 Å². The summed E-state index contributed by atoms with van der Waals surface area (Å²) in [6.07, 6.45) is 0. The lowest BCUT2D eigenvalue weighted by Gasteiger charge is -2.28. The summed E-state index contributed by atoms with van der Waals surface area (Å²) < 4.78 is 7.89. The zero-order chi connectivity index (χ0) is 57.4. The average molecular weight is 915 g/mol. The van der Waals surface area contributed by atoms with E-state index < -0.39 is 0 Å². The molecular weight excluding hydrogens is 915 g/mol. The minimum absolute atomic E-state index is 0.0164. The van der Waals surface area contributed by atoms with Crippen LogP contribution < -0.4 is 153 Å². The van der Waals surface area contributed by atoms with Crippen molar-refractivity contribution >= 4 is 416 Å². The molecule has 0 fully saturated rings. The van der Waals surface area contributed by atoms with E-state index in [0.29, 0.717) is 0 Å². The Labute approximate surface area is 488 Å².